The minimum Gasteiger partial charge on any atom is -0.497 e. The molecule has 2 aromatic heterocycles. The average molecular weight is 490 g/mol. The van der Waals surface area contributed by atoms with Crippen molar-refractivity contribution in [3.63, 3.8) is 0 Å². The Kier molecular flexibility index (Phi) is 5.85. The largest absolute Gasteiger partial charge is 0.497 e. The molecule has 3 aromatic rings. The van der Waals surface area contributed by atoms with E-state index in [2.05, 4.69) is 17.3 Å². The van der Waals surface area contributed by atoms with E-state index in [0.29, 0.717) is 35.9 Å². The van der Waals surface area contributed by atoms with Crippen molar-refractivity contribution >= 4 is 11.7 Å². The number of nitrogens with zero attached hydrogens (tertiary/aromatic N) is 4. The number of nitrogens with one attached hydrogen (secondary N) is 1. The van der Waals surface area contributed by atoms with E-state index in [1.807, 2.05) is 28.8 Å². The molecule has 4 bridgehead atoms. The summed E-state index contributed by atoms with van der Waals surface area (Å²) in [5, 5.41) is 7.91. The Morgan fingerprint density at radius 2 is 1.75 bits per heavy atom. The molecule has 1 amide bonds. The zero-order valence-corrected chi connectivity index (χ0v) is 21.2. The molecule has 4 aliphatic rings. The van der Waals surface area contributed by atoms with Crippen molar-refractivity contribution in [2.45, 2.75) is 76.8 Å². The van der Waals surface area contributed by atoms with Crippen LogP contribution in [0, 0.1) is 17.8 Å². The second kappa shape index (κ2) is 9.05. The van der Waals surface area contributed by atoms with Gasteiger partial charge in [-0.3, -0.25) is 9.59 Å². The molecule has 0 atom stereocenters. The van der Waals surface area contributed by atoms with Crippen LogP contribution >= 0.6 is 0 Å². The number of rotatable bonds is 8. The number of carbonyl (C=O) groups is 1. The van der Waals surface area contributed by atoms with E-state index in [9.17, 15) is 9.59 Å². The Bertz CT molecular complexity index is 1300. The molecule has 0 spiro atoms. The zero-order valence-electron chi connectivity index (χ0n) is 21.2. The predicted molar refractivity (Wildman–Crippen MR) is 137 cm³/mol. The molecular weight excluding hydrogens is 454 g/mol. The van der Waals surface area contributed by atoms with E-state index in [4.69, 9.17) is 9.72 Å². The third-order valence-electron chi connectivity index (χ3n) is 8.57. The maximum atomic E-state index is 13.6. The van der Waals surface area contributed by atoms with Gasteiger partial charge in [-0.15, -0.1) is 5.10 Å². The molecular formula is C28H35N5O3. The lowest BCUT2D eigenvalue weighted by Gasteiger charge is -2.56. The summed E-state index contributed by atoms with van der Waals surface area (Å²) < 4.78 is 8.48. The summed E-state index contributed by atoms with van der Waals surface area (Å²) in [6.07, 6.45) is 11.8. The van der Waals surface area contributed by atoms with Gasteiger partial charge < -0.3 is 14.6 Å². The Hall–Kier alpha value is -3.16. The average Bonchev–Trinajstić information content (AvgIpc) is 3.31. The van der Waals surface area contributed by atoms with Crippen LogP contribution in [-0.2, 0) is 6.54 Å². The lowest BCUT2D eigenvalue weighted by atomic mass is 9.53. The Morgan fingerprint density at radius 1 is 1.08 bits per heavy atom. The standard InChI is InChI=1S/C28H35N5O3/c1-3-4-5-10-32-17-23(25(34)30-28-14-18-11-19(15-28)13-20(12-18)16-28)26(35)33-27(32)29-24(31-33)21-6-8-22(36-2)9-7-21/h6-9,17-20H,3-5,10-16H2,1-2H3,(H,30,34). The predicted octanol–water partition coefficient (Wildman–Crippen LogP) is 4.46. The van der Waals surface area contributed by atoms with E-state index < -0.39 is 5.56 Å². The highest BCUT2D eigenvalue weighted by atomic mass is 16.5. The van der Waals surface area contributed by atoms with Gasteiger partial charge in [-0.1, -0.05) is 19.8 Å². The Labute approximate surface area is 211 Å². The van der Waals surface area contributed by atoms with Crippen LogP contribution in [0.2, 0.25) is 0 Å². The molecule has 0 radical (unpaired) electrons. The first-order chi connectivity index (χ1) is 17.5. The number of fused-ring (bicyclic) bond motifs is 1. The van der Waals surface area contributed by atoms with Crippen molar-refractivity contribution in [3.8, 4) is 17.1 Å². The number of methoxy groups -OCH3 is 1. The normalized spacial score (nSPS) is 26.4. The molecule has 1 N–H and O–H groups in total. The Morgan fingerprint density at radius 3 is 2.36 bits per heavy atom. The summed E-state index contributed by atoms with van der Waals surface area (Å²) in [6, 6.07) is 7.44. The highest BCUT2D eigenvalue weighted by Gasteiger charge is 2.51. The first kappa shape index (κ1) is 23.3. The first-order valence-electron chi connectivity index (χ1n) is 13.4. The van der Waals surface area contributed by atoms with Gasteiger partial charge in [-0.2, -0.15) is 9.50 Å². The number of benzene rings is 1. The van der Waals surface area contributed by atoms with Gasteiger partial charge in [0.25, 0.3) is 11.5 Å². The lowest BCUT2D eigenvalue weighted by molar-refractivity contribution is -0.0167. The maximum Gasteiger partial charge on any atom is 0.288 e. The monoisotopic (exact) mass is 489 g/mol. The fraction of sp³-hybridized carbons (Fsp3) is 0.571. The van der Waals surface area contributed by atoms with Crippen LogP contribution in [-0.4, -0.2) is 37.7 Å². The lowest BCUT2D eigenvalue weighted by Crippen LogP contribution is -2.60. The van der Waals surface area contributed by atoms with E-state index in [1.165, 1.54) is 23.8 Å². The summed E-state index contributed by atoms with van der Waals surface area (Å²) in [5.41, 5.74) is 0.377. The summed E-state index contributed by atoms with van der Waals surface area (Å²) >= 11 is 0. The van der Waals surface area contributed by atoms with E-state index in [1.54, 1.807) is 13.3 Å². The number of ether oxygens (including phenoxy) is 1. The zero-order chi connectivity index (χ0) is 24.9. The van der Waals surface area contributed by atoms with Crippen LogP contribution < -0.4 is 15.6 Å². The quantitative estimate of drug-likeness (QED) is 0.472. The Balaban J connectivity index is 1.36. The number of hydrogen-bond donors (Lipinski definition) is 1. The molecule has 36 heavy (non-hydrogen) atoms. The molecule has 0 saturated heterocycles. The van der Waals surface area contributed by atoms with Crippen molar-refractivity contribution in [3.05, 3.63) is 46.4 Å². The van der Waals surface area contributed by atoms with Gasteiger partial charge in [0.05, 0.1) is 7.11 Å². The summed E-state index contributed by atoms with van der Waals surface area (Å²) in [4.78, 5) is 31.9. The summed E-state index contributed by atoms with van der Waals surface area (Å²) in [6.45, 7) is 2.83. The third kappa shape index (κ3) is 4.10. The number of unbranched alkanes of at least 4 members (excludes halogenated alkanes) is 2. The summed E-state index contributed by atoms with van der Waals surface area (Å²) in [5.74, 6) is 3.54. The molecule has 8 nitrogen and oxygen atoms in total. The first-order valence-corrected chi connectivity index (χ1v) is 13.4. The second-order valence-corrected chi connectivity index (χ2v) is 11.3. The molecule has 8 heteroatoms. The summed E-state index contributed by atoms with van der Waals surface area (Å²) in [7, 11) is 1.62. The highest BCUT2D eigenvalue weighted by molar-refractivity contribution is 5.94. The van der Waals surface area contributed by atoms with Gasteiger partial charge in [0, 0.05) is 23.8 Å². The van der Waals surface area contributed by atoms with E-state index in [0.717, 1.165) is 49.8 Å². The van der Waals surface area contributed by atoms with Gasteiger partial charge in [-0.05, 0) is 87.0 Å². The number of aromatic nitrogens is 4. The molecule has 2 heterocycles. The van der Waals surface area contributed by atoms with Crippen molar-refractivity contribution in [1.29, 1.82) is 0 Å². The molecule has 7 rings (SSSR count). The van der Waals surface area contributed by atoms with E-state index in [-0.39, 0.29) is 17.0 Å². The number of carbonyl (C=O) groups excluding carboxylic acids is 1. The molecule has 1 aromatic carbocycles. The van der Waals surface area contributed by atoms with Crippen LogP contribution in [0.1, 0.15) is 75.1 Å². The second-order valence-electron chi connectivity index (χ2n) is 11.3. The highest BCUT2D eigenvalue weighted by Crippen LogP contribution is 2.55. The maximum absolute atomic E-state index is 13.6. The van der Waals surface area contributed by atoms with Crippen LogP contribution in [0.4, 0.5) is 0 Å². The number of hydrogen-bond acceptors (Lipinski definition) is 5. The SMILES string of the molecule is CCCCCn1cc(C(=O)NC23CC4CC(CC(C4)C2)C3)c(=O)n2nc(-c3ccc(OC)cc3)nc12. The minimum atomic E-state index is -0.411. The van der Waals surface area contributed by atoms with Gasteiger partial charge in [-0.25, -0.2) is 0 Å². The topological polar surface area (TPSA) is 90.5 Å². The van der Waals surface area contributed by atoms with Gasteiger partial charge in [0.1, 0.15) is 11.3 Å². The third-order valence-corrected chi connectivity index (χ3v) is 8.57. The van der Waals surface area contributed by atoms with Gasteiger partial charge in [0.15, 0.2) is 5.82 Å². The van der Waals surface area contributed by atoms with Crippen LogP contribution in [0.25, 0.3) is 17.2 Å². The van der Waals surface area contributed by atoms with Crippen molar-refractivity contribution in [2.75, 3.05) is 7.11 Å². The fourth-order valence-corrected chi connectivity index (χ4v) is 7.30. The van der Waals surface area contributed by atoms with Crippen molar-refractivity contribution in [1.82, 2.24) is 24.5 Å². The van der Waals surface area contributed by atoms with E-state index >= 15 is 0 Å². The molecule has 190 valence electrons. The minimum absolute atomic E-state index is 0.154. The molecule has 0 aliphatic heterocycles. The smallest absolute Gasteiger partial charge is 0.288 e. The van der Waals surface area contributed by atoms with Crippen molar-refractivity contribution in [2.24, 2.45) is 17.8 Å². The fourth-order valence-electron chi connectivity index (χ4n) is 7.30. The van der Waals surface area contributed by atoms with Crippen LogP contribution in [0.3, 0.4) is 0 Å². The molecule has 4 aliphatic carbocycles. The van der Waals surface area contributed by atoms with Gasteiger partial charge >= 0.3 is 0 Å². The molecule has 4 saturated carbocycles. The number of amides is 1. The van der Waals surface area contributed by atoms with Crippen LogP contribution in [0.5, 0.6) is 5.75 Å². The van der Waals surface area contributed by atoms with Gasteiger partial charge in [0.2, 0.25) is 5.78 Å². The molecule has 4 fully saturated rings. The van der Waals surface area contributed by atoms with Crippen molar-refractivity contribution < 1.29 is 9.53 Å². The van der Waals surface area contributed by atoms with Crippen LogP contribution in [0.15, 0.2) is 35.3 Å². The molecule has 0 unspecified atom stereocenters. The number of aryl methyl sites for hydroxylation is 1.